The summed E-state index contributed by atoms with van der Waals surface area (Å²) in [4.78, 5) is 9.92. The predicted molar refractivity (Wildman–Crippen MR) is 75.1 cm³/mol. The summed E-state index contributed by atoms with van der Waals surface area (Å²) < 4.78 is 0. The molecule has 2 atom stereocenters. The van der Waals surface area contributed by atoms with Crippen LogP contribution < -0.4 is 5.32 Å². The quantitative estimate of drug-likeness (QED) is 0.892. The van der Waals surface area contributed by atoms with Gasteiger partial charge < -0.3 is 10.4 Å². The number of aliphatic hydroxyl groups is 1. The number of hydrogen-bond acceptors (Lipinski definition) is 5. The average molecular weight is 275 g/mol. The molecule has 2 N–H and O–H groups in total. The summed E-state index contributed by atoms with van der Waals surface area (Å²) in [5.41, 5.74) is 3.91. The first-order valence-corrected chi connectivity index (χ1v) is 7.44. The minimum Gasteiger partial charge on any atom is -0.385 e. The molecule has 2 heterocycles. The largest absolute Gasteiger partial charge is 0.385 e. The monoisotopic (exact) mass is 275 g/mol. The lowest BCUT2D eigenvalue weighted by molar-refractivity contribution is 0.164. The van der Waals surface area contributed by atoms with Crippen molar-refractivity contribution in [3.63, 3.8) is 0 Å². The van der Waals surface area contributed by atoms with E-state index >= 15 is 0 Å². The molecule has 0 saturated carbocycles. The third-order valence-corrected chi connectivity index (χ3v) is 4.41. The van der Waals surface area contributed by atoms with E-state index in [4.69, 9.17) is 0 Å². The third-order valence-electron chi connectivity index (χ3n) is 3.52. The summed E-state index contributed by atoms with van der Waals surface area (Å²) >= 11 is 1.73. The van der Waals surface area contributed by atoms with Crippen molar-refractivity contribution < 1.29 is 5.11 Å². The van der Waals surface area contributed by atoms with Crippen LogP contribution in [0.4, 0.5) is 0 Å². The van der Waals surface area contributed by atoms with Crippen LogP contribution in [-0.2, 0) is 12.8 Å². The summed E-state index contributed by atoms with van der Waals surface area (Å²) in [6.45, 7) is 0.551. The highest BCUT2D eigenvalue weighted by atomic mass is 32.1. The van der Waals surface area contributed by atoms with E-state index in [1.807, 2.05) is 23.7 Å². The maximum atomic E-state index is 10.1. The van der Waals surface area contributed by atoms with Gasteiger partial charge in [0.2, 0.25) is 0 Å². The molecule has 0 spiro atoms. The van der Waals surface area contributed by atoms with Gasteiger partial charge in [0.05, 0.1) is 16.9 Å². The summed E-state index contributed by atoms with van der Waals surface area (Å²) in [6.07, 6.45) is 4.32. The van der Waals surface area contributed by atoms with Crippen LogP contribution >= 0.6 is 11.3 Å². The minimum atomic E-state index is -0.538. The lowest BCUT2D eigenvalue weighted by atomic mass is 9.97. The molecule has 0 radical (unpaired) electrons. The third kappa shape index (κ3) is 3.00. The molecule has 4 nitrogen and oxygen atoms in total. The lowest BCUT2D eigenvalue weighted by Crippen LogP contribution is -2.36. The van der Waals surface area contributed by atoms with Gasteiger partial charge in [-0.05, 0) is 31.4 Å². The van der Waals surface area contributed by atoms with Gasteiger partial charge in [-0.15, -0.1) is 11.3 Å². The normalized spacial score (nSPS) is 19.9. The fraction of sp³-hybridized carbons (Fsp3) is 0.429. The second-order valence-corrected chi connectivity index (χ2v) is 5.78. The van der Waals surface area contributed by atoms with Crippen molar-refractivity contribution in [1.82, 2.24) is 15.3 Å². The zero-order valence-corrected chi connectivity index (χ0v) is 11.4. The molecule has 100 valence electrons. The molecule has 1 unspecified atom stereocenters. The highest BCUT2D eigenvalue weighted by molar-refractivity contribution is 7.09. The Hall–Kier alpha value is -1.30. The Morgan fingerprint density at radius 1 is 1.42 bits per heavy atom. The second kappa shape index (κ2) is 5.77. The number of pyridine rings is 1. The number of hydrogen-bond donors (Lipinski definition) is 2. The molecule has 2 aromatic heterocycles. The molecule has 0 aliphatic heterocycles. The number of aromatic nitrogens is 2. The predicted octanol–water partition coefficient (Wildman–Crippen LogP) is 1.72. The van der Waals surface area contributed by atoms with E-state index < -0.39 is 6.10 Å². The Morgan fingerprint density at radius 3 is 3.21 bits per heavy atom. The molecule has 19 heavy (non-hydrogen) atoms. The molecule has 5 heteroatoms. The van der Waals surface area contributed by atoms with E-state index in [-0.39, 0.29) is 0 Å². The van der Waals surface area contributed by atoms with Crippen molar-refractivity contribution in [3.05, 3.63) is 46.2 Å². The van der Waals surface area contributed by atoms with E-state index in [1.165, 1.54) is 10.6 Å². The first-order chi connectivity index (χ1) is 9.33. The number of aryl methyl sites for hydroxylation is 1. The molecule has 3 rings (SSSR count). The number of rotatable bonds is 4. The smallest absolute Gasteiger partial charge is 0.108 e. The molecule has 0 amide bonds. The molecule has 0 fully saturated rings. The van der Waals surface area contributed by atoms with Crippen molar-refractivity contribution in [2.75, 3.05) is 6.54 Å². The van der Waals surface area contributed by atoms with Crippen LogP contribution in [0.2, 0.25) is 0 Å². The van der Waals surface area contributed by atoms with Gasteiger partial charge in [0.15, 0.2) is 0 Å². The van der Waals surface area contributed by atoms with E-state index in [0.717, 1.165) is 25.0 Å². The van der Waals surface area contributed by atoms with E-state index in [2.05, 4.69) is 15.3 Å². The Kier molecular flexibility index (Phi) is 3.87. The Labute approximate surface area is 116 Å². The molecular weight excluding hydrogens is 258 g/mol. The van der Waals surface area contributed by atoms with Crippen LogP contribution in [0.1, 0.15) is 28.8 Å². The summed E-state index contributed by atoms with van der Waals surface area (Å²) in [6, 6.07) is 6.05. The van der Waals surface area contributed by atoms with Gasteiger partial charge in [0.1, 0.15) is 6.10 Å². The van der Waals surface area contributed by atoms with Crippen molar-refractivity contribution in [3.8, 4) is 0 Å². The van der Waals surface area contributed by atoms with Crippen molar-refractivity contribution in [1.29, 1.82) is 0 Å². The zero-order valence-electron chi connectivity index (χ0n) is 10.6. The first-order valence-electron chi connectivity index (χ1n) is 6.56. The van der Waals surface area contributed by atoms with Crippen LogP contribution in [-0.4, -0.2) is 27.7 Å². The van der Waals surface area contributed by atoms with Crippen LogP contribution in [0, 0.1) is 0 Å². The Balaban J connectivity index is 1.54. The highest BCUT2D eigenvalue weighted by Crippen LogP contribution is 2.24. The van der Waals surface area contributed by atoms with Gasteiger partial charge in [-0.1, -0.05) is 6.07 Å². The maximum Gasteiger partial charge on any atom is 0.108 e. The van der Waals surface area contributed by atoms with Gasteiger partial charge in [0, 0.05) is 23.7 Å². The van der Waals surface area contributed by atoms with Crippen molar-refractivity contribution >= 4 is 11.3 Å². The number of thiazole rings is 1. The number of nitrogens with one attached hydrogen (secondary N) is 1. The van der Waals surface area contributed by atoms with Crippen molar-refractivity contribution in [2.45, 2.75) is 31.4 Å². The van der Waals surface area contributed by atoms with Crippen LogP contribution in [0.3, 0.4) is 0 Å². The molecule has 1 aliphatic rings. The van der Waals surface area contributed by atoms with E-state index in [0.29, 0.717) is 12.6 Å². The fourth-order valence-corrected chi connectivity index (χ4v) is 3.33. The maximum absolute atomic E-state index is 10.1. The first kappa shape index (κ1) is 12.7. The lowest BCUT2D eigenvalue weighted by Gasteiger charge is -2.23. The highest BCUT2D eigenvalue weighted by Gasteiger charge is 2.21. The SMILES string of the molecule is OC(CN[C@H]1CCc2ncsc2C1)c1ccccn1. The minimum absolute atomic E-state index is 0.436. The molecule has 1 aliphatic carbocycles. The standard InChI is InChI=1S/C14H17N3OS/c18-13(11-3-1-2-6-15-11)8-16-10-4-5-12-14(7-10)19-9-17-12/h1-3,6,9-10,13,16,18H,4-5,7-8H2/t10-,13?/m0/s1. The molecule has 2 aromatic rings. The second-order valence-electron chi connectivity index (χ2n) is 4.84. The van der Waals surface area contributed by atoms with Gasteiger partial charge in [-0.2, -0.15) is 0 Å². The average Bonchev–Trinajstić information content (AvgIpc) is 2.93. The molecular formula is C14H17N3OS. The van der Waals surface area contributed by atoms with Crippen LogP contribution in [0.15, 0.2) is 29.9 Å². The van der Waals surface area contributed by atoms with Crippen molar-refractivity contribution in [2.24, 2.45) is 0 Å². The van der Waals surface area contributed by atoms with Crippen LogP contribution in [0.25, 0.3) is 0 Å². The summed E-state index contributed by atoms with van der Waals surface area (Å²) in [5.74, 6) is 0. The molecule has 0 bridgehead atoms. The van der Waals surface area contributed by atoms with Gasteiger partial charge >= 0.3 is 0 Å². The summed E-state index contributed by atoms with van der Waals surface area (Å²) in [7, 11) is 0. The number of aliphatic hydroxyl groups excluding tert-OH is 1. The molecule has 0 aromatic carbocycles. The zero-order chi connectivity index (χ0) is 13.1. The van der Waals surface area contributed by atoms with Gasteiger partial charge in [-0.3, -0.25) is 4.98 Å². The number of nitrogens with zero attached hydrogens (tertiary/aromatic N) is 2. The van der Waals surface area contributed by atoms with E-state index in [9.17, 15) is 5.11 Å². The van der Waals surface area contributed by atoms with Gasteiger partial charge in [0.25, 0.3) is 0 Å². The van der Waals surface area contributed by atoms with Gasteiger partial charge in [-0.25, -0.2) is 4.98 Å². The number of fused-ring (bicyclic) bond motifs is 1. The topological polar surface area (TPSA) is 58.0 Å². The summed E-state index contributed by atoms with van der Waals surface area (Å²) in [5, 5.41) is 13.5. The molecule has 0 saturated heterocycles. The van der Waals surface area contributed by atoms with E-state index in [1.54, 1.807) is 17.5 Å². The Morgan fingerprint density at radius 2 is 2.37 bits per heavy atom. The van der Waals surface area contributed by atoms with Crippen LogP contribution in [0.5, 0.6) is 0 Å². The Bertz CT molecular complexity index is 528. The fourth-order valence-electron chi connectivity index (χ4n) is 2.43.